The normalized spacial score (nSPS) is 6.33. The van der Waals surface area contributed by atoms with Crippen LogP contribution < -0.4 is 36.0 Å². The van der Waals surface area contributed by atoms with Crippen LogP contribution in [0.5, 0.6) is 5.75 Å². The molecule has 58 valence electrons. The number of hydrogen-bond donors (Lipinski definition) is 0. The molecular weight excluding hydrogens is 335 g/mol. The Morgan fingerprint density at radius 1 is 1.33 bits per heavy atom. The van der Waals surface area contributed by atoms with Crippen molar-refractivity contribution in [1.29, 1.82) is 0 Å². The van der Waals surface area contributed by atoms with E-state index in [1.165, 1.54) is 14.8 Å². The van der Waals surface area contributed by atoms with Crippen molar-refractivity contribution in [2.24, 2.45) is 0 Å². The van der Waals surface area contributed by atoms with E-state index in [4.69, 9.17) is 4.74 Å². The Kier molecular flexibility index (Phi) is 23.3. The predicted molar refractivity (Wildman–Crippen MR) is 45.9 cm³/mol. The fraction of sp³-hybridized carbons (Fsp3) is 0.143. The van der Waals surface area contributed by atoms with Gasteiger partial charge in [0.1, 0.15) is 0 Å². The summed E-state index contributed by atoms with van der Waals surface area (Å²) in [5.74, 6) is 0.878. The molecule has 1 aromatic rings. The van der Waals surface area contributed by atoms with Gasteiger partial charge in [0.15, 0.2) is 0 Å². The summed E-state index contributed by atoms with van der Waals surface area (Å²) in [5.41, 5.74) is 0. The van der Waals surface area contributed by atoms with E-state index >= 15 is 0 Å². The Labute approximate surface area is 112 Å². The average Bonchev–Trinajstić information content (AvgIpc) is 2.10. The van der Waals surface area contributed by atoms with Crippen LogP contribution in [0.2, 0.25) is 0 Å². The zero-order valence-corrected chi connectivity index (χ0v) is 13.1. The van der Waals surface area contributed by atoms with Crippen molar-refractivity contribution in [2.75, 3.05) is 7.11 Å². The molecule has 0 aromatic heterocycles. The minimum atomic E-state index is 0. The van der Waals surface area contributed by atoms with Crippen LogP contribution in [-0.2, 0) is 14.8 Å². The van der Waals surface area contributed by atoms with Crippen molar-refractivity contribution in [3.8, 4) is 5.75 Å². The molecule has 12 heavy (non-hydrogen) atoms. The van der Waals surface area contributed by atoms with Crippen molar-refractivity contribution >= 4 is 19.8 Å². The molecule has 0 heterocycles. The second kappa shape index (κ2) is 14.8. The van der Waals surface area contributed by atoms with Crippen LogP contribution in [0.25, 0.3) is 0 Å². The number of hydrogen-bond acceptors (Lipinski definition) is 1. The molecule has 1 rings (SSSR count). The molecule has 0 N–H and O–H groups in total. The Morgan fingerprint density at radius 2 is 1.75 bits per heavy atom. The molecule has 0 aliphatic heterocycles. The molecule has 0 bridgehead atoms. The minimum absolute atomic E-state index is 0. The maximum atomic E-state index is 4.89. The first-order chi connectivity index (χ1) is 4.93. The fourth-order valence-corrected chi connectivity index (χ4v) is 0.508. The van der Waals surface area contributed by atoms with Crippen LogP contribution in [-0.4, -0.2) is 7.11 Å². The number of rotatable bonds is 1. The Morgan fingerprint density at radius 3 is 2.00 bits per heavy atom. The van der Waals surface area contributed by atoms with E-state index in [2.05, 4.69) is 25.8 Å². The molecule has 0 unspecified atom stereocenters. The quantitative estimate of drug-likeness (QED) is 0.291. The number of benzene rings is 1. The molecule has 0 saturated heterocycles. The third kappa shape index (κ3) is 9.35. The van der Waals surface area contributed by atoms with E-state index in [-0.39, 0.29) is 31.3 Å². The summed E-state index contributed by atoms with van der Waals surface area (Å²) in [5, 5.41) is 0. The van der Waals surface area contributed by atoms with E-state index < -0.39 is 0 Å². The van der Waals surface area contributed by atoms with Crippen molar-refractivity contribution in [3.05, 3.63) is 30.3 Å². The van der Waals surface area contributed by atoms with Gasteiger partial charge in [-0.2, -0.15) is 18.2 Å². The summed E-state index contributed by atoms with van der Waals surface area (Å²) in [6.45, 7) is 0. The van der Waals surface area contributed by atoms with E-state index in [0.717, 1.165) is 5.75 Å². The molecule has 0 aliphatic rings. The predicted octanol–water partition coefficient (Wildman–Crippen LogP) is -3.61. The standard InChI is InChI=1S/C7H7O.ClH.HI.Li.Zn/c1-8-7-5-3-2-4-6-7;;;;/h3-6H,1H3;2*1H;;/q-1;;;+1;+2/p-2. The summed E-state index contributed by atoms with van der Waals surface area (Å²) in [7, 11) is 1.65. The van der Waals surface area contributed by atoms with E-state index in [1.807, 2.05) is 24.3 Å². The van der Waals surface area contributed by atoms with Gasteiger partial charge >= 0.3 is 53.4 Å². The zero-order valence-electron chi connectivity index (χ0n) is 7.18. The molecule has 0 fully saturated rings. The fourth-order valence-electron chi connectivity index (χ4n) is 0.508. The van der Waals surface area contributed by atoms with Gasteiger partial charge < -0.3 is 17.1 Å². The molecule has 0 spiro atoms. The molecular formula is C7H7ClILiOZn. The Balaban J connectivity index is -0.000000189. The van der Waals surface area contributed by atoms with Gasteiger partial charge in [-0.25, -0.2) is 0 Å². The van der Waals surface area contributed by atoms with Gasteiger partial charge in [-0.15, -0.1) is 12.1 Å². The van der Waals surface area contributed by atoms with Gasteiger partial charge in [0, 0.05) is 5.75 Å². The molecule has 0 amide bonds. The zero-order chi connectivity index (χ0) is 7.82. The topological polar surface area (TPSA) is 9.23 Å². The SMILES string of the molecule is COc1cc[c-]cc1.[Cl-].[Li+].[Zn+][I]. The van der Waals surface area contributed by atoms with E-state index in [0.29, 0.717) is 0 Å². The summed E-state index contributed by atoms with van der Waals surface area (Å²) in [6, 6.07) is 10.2. The van der Waals surface area contributed by atoms with Gasteiger partial charge in [0.2, 0.25) is 0 Å². The maximum absolute atomic E-state index is 4.89. The van der Waals surface area contributed by atoms with E-state index in [9.17, 15) is 0 Å². The van der Waals surface area contributed by atoms with Crippen LogP contribution in [0.1, 0.15) is 0 Å². The van der Waals surface area contributed by atoms with Crippen molar-refractivity contribution in [3.63, 3.8) is 0 Å². The van der Waals surface area contributed by atoms with E-state index in [1.54, 1.807) is 7.11 Å². The monoisotopic (exact) mass is 340 g/mol. The third-order valence-corrected chi connectivity index (χ3v) is 0.923. The van der Waals surface area contributed by atoms with Gasteiger partial charge in [0.05, 0.1) is 7.11 Å². The molecule has 1 nitrogen and oxygen atoms in total. The first-order valence-corrected chi connectivity index (χ1v) is 11.7. The molecule has 0 aliphatic carbocycles. The average molecular weight is 342 g/mol. The first kappa shape index (κ1) is 18.9. The Hall–Kier alpha value is 1.26. The molecule has 5 heteroatoms. The van der Waals surface area contributed by atoms with Crippen molar-refractivity contribution in [2.45, 2.75) is 0 Å². The first-order valence-electron chi connectivity index (χ1n) is 2.70. The van der Waals surface area contributed by atoms with Crippen molar-refractivity contribution < 1.29 is 50.8 Å². The van der Waals surface area contributed by atoms with Gasteiger partial charge in [-0.05, 0) is 0 Å². The summed E-state index contributed by atoms with van der Waals surface area (Å²) in [4.78, 5) is 0. The molecule has 0 atom stereocenters. The van der Waals surface area contributed by atoms with Gasteiger partial charge in [-0.1, -0.05) is 0 Å². The third-order valence-electron chi connectivity index (χ3n) is 0.923. The number of halogens is 2. The van der Waals surface area contributed by atoms with Crippen LogP contribution >= 0.6 is 19.8 Å². The molecule has 0 radical (unpaired) electrons. The second-order valence-electron chi connectivity index (χ2n) is 1.44. The summed E-state index contributed by atoms with van der Waals surface area (Å²) >= 11 is 3.62. The number of methoxy groups -OCH3 is 1. The Bertz CT molecular complexity index is 165. The van der Waals surface area contributed by atoms with Crippen LogP contribution in [0.4, 0.5) is 0 Å². The van der Waals surface area contributed by atoms with Gasteiger partial charge in [-0.3, -0.25) is 0 Å². The summed E-state index contributed by atoms with van der Waals surface area (Å²) in [6.07, 6.45) is 0. The second-order valence-corrected chi connectivity index (χ2v) is 1.44. The summed E-state index contributed by atoms with van der Waals surface area (Å²) < 4.78 is 4.89. The molecule has 1 aromatic carbocycles. The van der Waals surface area contributed by atoms with Gasteiger partial charge in [0.25, 0.3) is 0 Å². The molecule has 0 saturated carbocycles. The number of ether oxygens (including phenoxy) is 1. The van der Waals surface area contributed by atoms with Crippen LogP contribution in [0, 0.1) is 6.07 Å². The van der Waals surface area contributed by atoms with Crippen LogP contribution in [0.15, 0.2) is 24.3 Å². The van der Waals surface area contributed by atoms with Crippen molar-refractivity contribution in [1.82, 2.24) is 0 Å². The van der Waals surface area contributed by atoms with Crippen LogP contribution in [0.3, 0.4) is 0 Å².